The second-order valence-corrected chi connectivity index (χ2v) is 6.37. The Kier molecular flexibility index (Phi) is 16.8. The Bertz CT molecular complexity index is 245. The van der Waals surface area contributed by atoms with E-state index in [2.05, 4.69) is 11.8 Å². The van der Waals surface area contributed by atoms with E-state index >= 15 is 0 Å². The van der Waals surface area contributed by atoms with Crippen molar-refractivity contribution in [1.29, 1.82) is 0 Å². The zero-order chi connectivity index (χ0) is 14.5. The van der Waals surface area contributed by atoms with Gasteiger partial charge in [-0.15, -0.1) is 0 Å². The molecule has 21 heavy (non-hydrogen) atoms. The van der Waals surface area contributed by atoms with E-state index < -0.39 is 0 Å². The Hall–Kier alpha value is 1.11. The van der Waals surface area contributed by atoms with Crippen molar-refractivity contribution in [3.8, 4) is 0 Å². The number of nitrogens with zero attached hydrogens (tertiary/aromatic N) is 1. The number of amides is 1. The van der Waals surface area contributed by atoms with E-state index in [1.807, 2.05) is 0 Å². The monoisotopic (exact) mass is 321 g/mol. The first-order valence-electron chi connectivity index (χ1n) is 9.12. The standard InChI is InChI=1S/C18H35NO.K.H/c1-2-3-4-5-6-7-8-9-10-13-16-19-17-14-11-12-15-18(19)20;;/h2-17H2,1H3;;. The van der Waals surface area contributed by atoms with Crippen LogP contribution in [0.25, 0.3) is 0 Å². The van der Waals surface area contributed by atoms with Crippen LogP contribution >= 0.6 is 0 Å². The van der Waals surface area contributed by atoms with Crippen LogP contribution in [0.3, 0.4) is 0 Å². The predicted molar refractivity (Wildman–Crippen MR) is 94.0 cm³/mol. The summed E-state index contributed by atoms with van der Waals surface area (Å²) >= 11 is 0. The molecule has 0 spiro atoms. The third-order valence-electron chi connectivity index (χ3n) is 4.45. The number of rotatable bonds is 11. The first-order chi connectivity index (χ1) is 9.84. The number of carbonyl (C=O) groups excluding carboxylic acids is 1. The molecule has 120 valence electrons. The summed E-state index contributed by atoms with van der Waals surface area (Å²) in [4.78, 5) is 13.9. The molecule has 0 saturated carbocycles. The Balaban J connectivity index is 0.00000400. The molecule has 0 atom stereocenters. The van der Waals surface area contributed by atoms with Gasteiger partial charge < -0.3 is 4.90 Å². The van der Waals surface area contributed by atoms with Gasteiger partial charge in [-0.3, -0.25) is 4.79 Å². The van der Waals surface area contributed by atoms with Crippen molar-refractivity contribution in [3.05, 3.63) is 0 Å². The number of hydrogen-bond donors (Lipinski definition) is 0. The van der Waals surface area contributed by atoms with E-state index in [-0.39, 0.29) is 51.4 Å². The van der Waals surface area contributed by atoms with Gasteiger partial charge in [-0.25, -0.2) is 0 Å². The second-order valence-electron chi connectivity index (χ2n) is 6.37. The fraction of sp³-hybridized carbons (Fsp3) is 0.944. The average molecular weight is 322 g/mol. The molecule has 0 N–H and O–H groups in total. The Labute approximate surface area is 175 Å². The first kappa shape index (κ1) is 22.1. The molecular weight excluding hydrogens is 285 g/mol. The van der Waals surface area contributed by atoms with Crippen molar-refractivity contribution in [3.63, 3.8) is 0 Å². The SMILES string of the molecule is CCCCCCCCCCCCN1CCCCCC1=O.[KH]. The molecule has 1 rings (SSSR count). The van der Waals surface area contributed by atoms with Crippen LogP contribution in [-0.2, 0) is 4.79 Å². The fourth-order valence-electron chi connectivity index (χ4n) is 3.07. The van der Waals surface area contributed by atoms with Crippen molar-refractivity contribution in [2.45, 2.75) is 96.8 Å². The van der Waals surface area contributed by atoms with Gasteiger partial charge in [0, 0.05) is 19.5 Å². The van der Waals surface area contributed by atoms with E-state index in [9.17, 15) is 4.79 Å². The molecule has 1 heterocycles. The van der Waals surface area contributed by atoms with E-state index in [4.69, 9.17) is 0 Å². The van der Waals surface area contributed by atoms with Gasteiger partial charge in [0.1, 0.15) is 0 Å². The molecule has 0 unspecified atom stereocenters. The molecule has 0 bridgehead atoms. The van der Waals surface area contributed by atoms with Crippen molar-refractivity contribution < 1.29 is 4.79 Å². The van der Waals surface area contributed by atoms with Crippen LogP contribution in [0.5, 0.6) is 0 Å². The van der Waals surface area contributed by atoms with Gasteiger partial charge in [-0.05, 0) is 19.3 Å². The Morgan fingerprint density at radius 2 is 1.38 bits per heavy atom. The number of likely N-dealkylation sites (tertiary alicyclic amines) is 1. The molecule has 0 aromatic heterocycles. The van der Waals surface area contributed by atoms with Gasteiger partial charge in [0.05, 0.1) is 0 Å². The number of carbonyl (C=O) groups is 1. The molecule has 1 fully saturated rings. The summed E-state index contributed by atoms with van der Waals surface area (Å²) in [6.45, 7) is 4.29. The Morgan fingerprint density at radius 1 is 0.810 bits per heavy atom. The van der Waals surface area contributed by atoms with Crippen LogP contribution in [0.4, 0.5) is 0 Å². The van der Waals surface area contributed by atoms with Crippen molar-refractivity contribution in [2.75, 3.05) is 13.1 Å². The topological polar surface area (TPSA) is 20.3 Å². The average Bonchev–Trinajstić information content (AvgIpc) is 2.66. The molecule has 3 heteroatoms. The van der Waals surface area contributed by atoms with E-state index in [0.29, 0.717) is 5.91 Å². The molecule has 2 nitrogen and oxygen atoms in total. The van der Waals surface area contributed by atoms with Crippen LogP contribution in [0.15, 0.2) is 0 Å². The summed E-state index contributed by atoms with van der Waals surface area (Å²) in [6.07, 6.45) is 18.0. The fourth-order valence-corrected chi connectivity index (χ4v) is 3.07. The molecule has 1 amide bonds. The molecule has 0 aromatic carbocycles. The molecule has 1 aliphatic rings. The van der Waals surface area contributed by atoms with Gasteiger partial charge in [0.25, 0.3) is 0 Å². The first-order valence-corrected chi connectivity index (χ1v) is 9.12. The van der Waals surface area contributed by atoms with Crippen LogP contribution < -0.4 is 0 Å². The van der Waals surface area contributed by atoms with E-state index in [1.165, 1.54) is 77.0 Å². The van der Waals surface area contributed by atoms with Gasteiger partial charge in [-0.1, -0.05) is 71.1 Å². The quantitative estimate of drug-likeness (QED) is 0.400. The summed E-state index contributed by atoms with van der Waals surface area (Å²) < 4.78 is 0. The van der Waals surface area contributed by atoms with Crippen molar-refractivity contribution in [1.82, 2.24) is 4.90 Å². The summed E-state index contributed by atoms with van der Waals surface area (Å²) in [5.41, 5.74) is 0. The van der Waals surface area contributed by atoms with Crippen LogP contribution in [0.1, 0.15) is 96.8 Å². The third-order valence-corrected chi connectivity index (χ3v) is 4.45. The predicted octanol–water partition coefficient (Wildman–Crippen LogP) is 4.66. The summed E-state index contributed by atoms with van der Waals surface area (Å²) in [5, 5.41) is 0. The number of unbranched alkanes of at least 4 members (excludes halogenated alkanes) is 9. The maximum atomic E-state index is 11.8. The van der Waals surface area contributed by atoms with Gasteiger partial charge in [0.15, 0.2) is 0 Å². The van der Waals surface area contributed by atoms with Gasteiger partial charge >= 0.3 is 51.4 Å². The van der Waals surface area contributed by atoms with Crippen molar-refractivity contribution >= 4 is 57.3 Å². The van der Waals surface area contributed by atoms with Crippen LogP contribution in [0, 0.1) is 0 Å². The van der Waals surface area contributed by atoms with Gasteiger partial charge in [-0.2, -0.15) is 0 Å². The molecule has 1 saturated heterocycles. The summed E-state index contributed by atoms with van der Waals surface area (Å²) in [7, 11) is 0. The van der Waals surface area contributed by atoms with Crippen LogP contribution in [-0.4, -0.2) is 75.3 Å². The molecule has 0 aromatic rings. The second kappa shape index (κ2) is 16.0. The molecule has 1 aliphatic heterocycles. The van der Waals surface area contributed by atoms with Crippen LogP contribution in [0.2, 0.25) is 0 Å². The minimum atomic E-state index is 0. The zero-order valence-corrected chi connectivity index (χ0v) is 13.7. The maximum absolute atomic E-state index is 11.8. The summed E-state index contributed by atoms with van der Waals surface area (Å²) in [6, 6.07) is 0. The van der Waals surface area contributed by atoms with E-state index in [0.717, 1.165) is 25.9 Å². The third kappa shape index (κ3) is 12.2. The minimum absolute atomic E-state index is 0. The van der Waals surface area contributed by atoms with Crippen molar-refractivity contribution in [2.24, 2.45) is 0 Å². The summed E-state index contributed by atoms with van der Waals surface area (Å²) in [5.74, 6) is 0.401. The normalized spacial score (nSPS) is 15.7. The molecule has 0 radical (unpaired) electrons. The zero-order valence-electron chi connectivity index (χ0n) is 13.7. The molecule has 0 aliphatic carbocycles. The van der Waals surface area contributed by atoms with Gasteiger partial charge in [0.2, 0.25) is 5.91 Å². The van der Waals surface area contributed by atoms with E-state index in [1.54, 1.807) is 0 Å². The number of hydrogen-bond acceptors (Lipinski definition) is 1. The molecular formula is C18H36KNO. The Morgan fingerprint density at radius 3 is 2.00 bits per heavy atom.